The van der Waals surface area contributed by atoms with E-state index in [0.29, 0.717) is 13.0 Å². The van der Waals surface area contributed by atoms with Crippen molar-refractivity contribution in [1.82, 2.24) is 15.5 Å². The van der Waals surface area contributed by atoms with Crippen LogP contribution < -0.4 is 10.6 Å². The van der Waals surface area contributed by atoms with Gasteiger partial charge in [0, 0.05) is 39.1 Å². The molecule has 1 atom stereocenters. The second-order valence-electron chi connectivity index (χ2n) is 6.04. The van der Waals surface area contributed by atoms with Crippen LogP contribution in [0.2, 0.25) is 0 Å². The van der Waals surface area contributed by atoms with Gasteiger partial charge < -0.3 is 15.5 Å². The van der Waals surface area contributed by atoms with Crippen molar-refractivity contribution in [3.05, 3.63) is 35.4 Å². The highest BCUT2D eigenvalue weighted by atomic mass is 16.1. The molecule has 0 bridgehead atoms. The number of amides is 1. The van der Waals surface area contributed by atoms with Crippen molar-refractivity contribution in [3.8, 4) is 0 Å². The lowest BCUT2D eigenvalue weighted by Crippen LogP contribution is -2.45. The quantitative estimate of drug-likeness (QED) is 0.644. The van der Waals surface area contributed by atoms with Gasteiger partial charge in [0.25, 0.3) is 0 Å². The fraction of sp³-hybridized carbons (Fsp3) is 0.556. The third-order valence-electron chi connectivity index (χ3n) is 4.30. The van der Waals surface area contributed by atoms with Crippen LogP contribution in [-0.4, -0.2) is 42.9 Å². The fourth-order valence-corrected chi connectivity index (χ4v) is 2.75. The minimum atomic E-state index is 0.0892. The van der Waals surface area contributed by atoms with Crippen molar-refractivity contribution in [1.29, 1.82) is 0 Å². The van der Waals surface area contributed by atoms with Crippen LogP contribution in [0.4, 0.5) is 0 Å². The summed E-state index contributed by atoms with van der Waals surface area (Å²) in [7, 11) is 1.79. The molecule has 1 unspecified atom stereocenters. The summed E-state index contributed by atoms with van der Waals surface area (Å²) in [4.78, 5) is 18.4. The van der Waals surface area contributed by atoms with E-state index in [-0.39, 0.29) is 11.9 Å². The Morgan fingerprint density at radius 3 is 2.78 bits per heavy atom. The number of rotatable bonds is 5. The number of hydrogen-bond donors (Lipinski definition) is 2. The van der Waals surface area contributed by atoms with E-state index in [1.807, 2.05) is 6.92 Å². The Labute approximate surface area is 139 Å². The number of benzene rings is 1. The number of aliphatic imine (C=N–C) groups is 1. The van der Waals surface area contributed by atoms with Crippen molar-refractivity contribution >= 4 is 11.9 Å². The molecule has 5 nitrogen and oxygen atoms in total. The first-order valence-corrected chi connectivity index (χ1v) is 8.45. The molecule has 1 heterocycles. The molecule has 1 aromatic carbocycles. The zero-order valence-corrected chi connectivity index (χ0v) is 14.4. The van der Waals surface area contributed by atoms with Crippen LogP contribution >= 0.6 is 0 Å². The molecule has 1 aliphatic rings. The van der Waals surface area contributed by atoms with Crippen LogP contribution in [-0.2, 0) is 17.8 Å². The van der Waals surface area contributed by atoms with Crippen LogP contribution in [0.15, 0.2) is 29.3 Å². The first-order valence-electron chi connectivity index (χ1n) is 8.45. The molecule has 1 amide bonds. The summed E-state index contributed by atoms with van der Waals surface area (Å²) in [5.74, 6) is 0.960. The van der Waals surface area contributed by atoms with Crippen molar-refractivity contribution in [2.45, 2.75) is 45.7 Å². The molecule has 23 heavy (non-hydrogen) atoms. The van der Waals surface area contributed by atoms with Crippen molar-refractivity contribution < 1.29 is 4.79 Å². The van der Waals surface area contributed by atoms with E-state index in [1.54, 1.807) is 7.05 Å². The van der Waals surface area contributed by atoms with E-state index in [0.717, 1.165) is 31.9 Å². The summed E-state index contributed by atoms with van der Waals surface area (Å²) in [6, 6.07) is 8.78. The summed E-state index contributed by atoms with van der Waals surface area (Å²) in [5.41, 5.74) is 2.78. The summed E-state index contributed by atoms with van der Waals surface area (Å²) >= 11 is 0. The molecule has 0 radical (unpaired) electrons. The minimum absolute atomic E-state index is 0.0892. The van der Waals surface area contributed by atoms with Gasteiger partial charge in [-0.15, -0.1) is 0 Å². The molecule has 126 valence electrons. The Morgan fingerprint density at radius 2 is 2.09 bits per heavy atom. The van der Waals surface area contributed by atoms with Gasteiger partial charge in [0.05, 0.1) is 0 Å². The summed E-state index contributed by atoms with van der Waals surface area (Å²) in [6.45, 7) is 6.52. The highest BCUT2D eigenvalue weighted by Gasteiger charge is 2.18. The second-order valence-corrected chi connectivity index (χ2v) is 6.04. The number of nitrogens with zero attached hydrogens (tertiary/aromatic N) is 2. The van der Waals surface area contributed by atoms with E-state index in [1.165, 1.54) is 11.1 Å². The van der Waals surface area contributed by atoms with E-state index in [4.69, 9.17) is 0 Å². The van der Waals surface area contributed by atoms with Crippen molar-refractivity contribution in [2.75, 3.05) is 20.1 Å². The zero-order chi connectivity index (χ0) is 16.7. The second kappa shape index (κ2) is 8.56. The normalized spacial score (nSPS) is 15.8. The van der Waals surface area contributed by atoms with E-state index in [9.17, 15) is 4.79 Å². The molecule has 1 aliphatic heterocycles. The summed E-state index contributed by atoms with van der Waals surface area (Å²) in [5, 5.41) is 6.29. The maximum Gasteiger partial charge on any atom is 0.221 e. The van der Waals surface area contributed by atoms with Crippen LogP contribution in [0.3, 0.4) is 0 Å². The smallest absolute Gasteiger partial charge is 0.221 e. The van der Waals surface area contributed by atoms with Gasteiger partial charge in [-0.25, -0.2) is 0 Å². The molecule has 0 spiro atoms. The predicted octanol–water partition coefficient (Wildman–Crippen LogP) is 1.92. The van der Waals surface area contributed by atoms with Gasteiger partial charge in [-0.2, -0.15) is 0 Å². The molecular formula is C18H28N4O. The van der Waals surface area contributed by atoms with Gasteiger partial charge in [-0.1, -0.05) is 31.2 Å². The predicted molar refractivity (Wildman–Crippen MR) is 94.4 cm³/mol. The molecular weight excluding hydrogens is 288 g/mol. The Kier molecular flexibility index (Phi) is 6.44. The van der Waals surface area contributed by atoms with Gasteiger partial charge in [0.15, 0.2) is 5.96 Å². The Bertz CT molecular complexity index is 556. The number of guanidine groups is 1. The number of fused-ring (bicyclic) bond motifs is 1. The Hall–Kier alpha value is -2.04. The third kappa shape index (κ3) is 4.98. The molecule has 0 saturated heterocycles. The van der Waals surface area contributed by atoms with E-state index >= 15 is 0 Å². The van der Waals surface area contributed by atoms with Crippen LogP contribution in [0, 0.1) is 0 Å². The number of hydrogen-bond acceptors (Lipinski definition) is 2. The first kappa shape index (κ1) is 17.3. The standard InChI is InChI=1S/C18H28N4O/c1-4-14(2)21-17(23)9-11-20-18(19-3)22-12-10-15-7-5-6-8-16(15)13-22/h5-8,14H,4,9-13H2,1-3H3,(H,19,20)(H,21,23). The van der Waals surface area contributed by atoms with Crippen molar-refractivity contribution in [3.63, 3.8) is 0 Å². The lowest BCUT2D eigenvalue weighted by atomic mass is 10.0. The number of carbonyl (C=O) groups is 1. The summed E-state index contributed by atoms with van der Waals surface area (Å²) < 4.78 is 0. The van der Waals surface area contributed by atoms with Gasteiger partial charge in [-0.05, 0) is 30.9 Å². The number of nitrogens with one attached hydrogen (secondary N) is 2. The molecule has 0 aliphatic carbocycles. The van der Waals surface area contributed by atoms with Gasteiger partial charge in [0.1, 0.15) is 0 Å². The molecule has 1 aromatic rings. The zero-order valence-electron chi connectivity index (χ0n) is 14.4. The van der Waals surface area contributed by atoms with E-state index < -0.39 is 0 Å². The minimum Gasteiger partial charge on any atom is -0.356 e. The van der Waals surface area contributed by atoms with Crippen LogP contribution in [0.25, 0.3) is 0 Å². The summed E-state index contributed by atoms with van der Waals surface area (Å²) in [6.07, 6.45) is 2.45. The Balaban J connectivity index is 1.81. The fourth-order valence-electron chi connectivity index (χ4n) is 2.75. The van der Waals surface area contributed by atoms with E-state index in [2.05, 4.69) is 51.7 Å². The number of carbonyl (C=O) groups excluding carboxylic acids is 1. The van der Waals surface area contributed by atoms with Crippen molar-refractivity contribution in [2.24, 2.45) is 4.99 Å². The molecule has 0 saturated carbocycles. The first-order chi connectivity index (χ1) is 11.1. The van der Waals surface area contributed by atoms with Gasteiger partial charge in [-0.3, -0.25) is 9.79 Å². The maximum absolute atomic E-state index is 11.8. The Morgan fingerprint density at radius 1 is 1.35 bits per heavy atom. The molecule has 5 heteroatoms. The third-order valence-corrected chi connectivity index (χ3v) is 4.30. The van der Waals surface area contributed by atoms with Gasteiger partial charge >= 0.3 is 0 Å². The molecule has 0 fully saturated rings. The topological polar surface area (TPSA) is 56.7 Å². The SMILES string of the molecule is CCC(C)NC(=O)CCNC(=NC)N1CCc2ccccc2C1. The monoisotopic (exact) mass is 316 g/mol. The molecule has 2 N–H and O–H groups in total. The molecule has 0 aromatic heterocycles. The largest absolute Gasteiger partial charge is 0.356 e. The lowest BCUT2D eigenvalue weighted by Gasteiger charge is -2.31. The van der Waals surface area contributed by atoms with Gasteiger partial charge in [0.2, 0.25) is 5.91 Å². The average Bonchev–Trinajstić information content (AvgIpc) is 2.58. The average molecular weight is 316 g/mol. The lowest BCUT2D eigenvalue weighted by molar-refractivity contribution is -0.121. The molecule has 2 rings (SSSR count). The van der Waals surface area contributed by atoms with Crippen LogP contribution in [0.5, 0.6) is 0 Å². The highest BCUT2D eigenvalue weighted by molar-refractivity contribution is 5.81. The maximum atomic E-state index is 11.8. The highest BCUT2D eigenvalue weighted by Crippen LogP contribution is 2.18. The van der Waals surface area contributed by atoms with Crippen LogP contribution in [0.1, 0.15) is 37.8 Å².